The summed E-state index contributed by atoms with van der Waals surface area (Å²) in [5.74, 6) is -1.42. The van der Waals surface area contributed by atoms with Gasteiger partial charge in [-0.3, -0.25) is 4.79 Å². The first-order valence-corrected chi connectivity index (χ1v) is 9.09. The Labute approximate surface area is 146 Å². The molecule has 5 nitrogen and oxygen atoms in total. The third kappa shape index (κ3) is 4.74. The quantitative estimate of drug-likeness (QED) is 0.744. The van der Waals surface area contributed by atoms with Crippen LogP contribution in [0.4, 0.5) is 4.39 Å². The van der Waals surface area contributed by atoms with E-state index in [4.69, 9.17) is 0 Å². The number of sulfonamides is 1. The van der Waals surface area contributed by atoms with Crippen LogP contribution in [0.5, 0.6) is 0 Å². The van der Waals surface area contributed by atoms with Crippen LogP contribution in [0.2, 0.25) is 0 Å². The molecular formula is C18H19FN2O3S. The van der Waals surface area contributed by atoms with Crippen LogP contribution in [0.3, 0.4) is 0 Å². The number of carbonyl (C=O) groups excluding carboxylic acids is 1. The van der Waals surface area contributed by atoms with Crippen LogP contribution in [0.25, 0.3) is 0 Å². The Kier molecular flexibility index (Phi) is 6.06. The predicted octanol–water partition coefficient (Wildman–Crippen LogP) is 2.78. The van der Waals surface area contributed by atoms with Gasteiger partial charge in [0.1, 0.15) is 10.7 Å². The number of hydrogen-bond donors (Lipinski definition) is 2. The normalized spacial score (nSPS) is 12.4. The van der Waals surface area contributed by atoms with Crippen molar-refractivity contribution in [2.24, 2.45) is 0 Å². The minimum absolute atomic E-state index is 0.0385. The highest BCUT2D eigenvalue weighted by molar-refractivity contribution is 7.89. The summed E-state index contributed by atoms with van der Waals surface area (Å²) in [6.45, 7) is 5.17. The highest BCUT2D eigenvalue weighted by Gasteiger charge is 2.21. The van der Waals surface area contributed by atoms with Crippen molar-refractivity contribution in [1.29, 1.82) is 0 Å². The van der Waals surface area contributed by atoms with Gasteiger partial charge in [0, 0.05) is 12.1 Å². The summed E-state index contributed by atoms with van der Waals surface area (Å²) in [7, 11) is -4.07. The van der Waals surface area contributed by atoms with Gasteiger partial charge in [0.25, 0.3) is 5.91 Å². The van der Waals surface area contributed by atoms with Crippen molar-refractivity contribution in [2.45, 2.75) is 17.9 Å². The second-order valence-corrected chi connectivity index (χ2v) is 7.13. The Balaban J connectivity index is 2.24. The Morgan fingerprint density at radius 2 is 1.92 bits per heavy atom. The van der Waals surface area contributed by atoms with Crippen molar-refractivity contribution < 1.29 is 17.6 Å². The van der Waals surface area contributed by atoms with Gasteiger partial charge in [0.05, 0.1) is 6.04 Å². The van der Waals surface area contributed by atoms with E-state index in [1.54, 1.807) is 6.92 Å². The molecular weight excluding hydrogens is 343 g/mol. The molecule has 1 amide bonds. The standard InChI is InChI=1S/C18H19FN2O3S/c1-3-11-20-25(23,24)17-12-15(9-10-16(17)19)18(22)21-13(2)14-7-5-4-6-8-14/h3-10,12-13,20H,1,11H2,2H3,(H,21,22). The number of rotatable bonds is 7. The van der Waals surface area contributed by atoms with Gasteiger partial charge < -0.3 is 5.32 Å². The highest BCUT2D eigenvalue weighted by atomic mass is 32.2. The van der Waals surface area contributed by atoms with Crippen LogP contribution in [-0.2, 0) is 10.0 Å². The molecule has 2 aromatic carbocycles. The molecule has 0 saturated heterocycles. The van der Waals surface area contributed by atoms with Crippen LogP contribution in [0.15, 0.2) is 66.1 Å². The Bertz CT molecular complexity index is 867. The van der Waals surface area contributed by atoms with E-state index in [2.05, 4.69) is 16.6 Å². The zero-order chi connectivity index (χ0) is 18.4. The van der Waals surface area contributed by atoms with Gasteiger partial charge in [-0.1, -0.05) is 36.4 Å². The van der Waals surface area contributed by atoms with E-state index in [1.807, 2.05) is 30.3 Å². The van der Waals surface area contributed by atoms with Gasteiger partial charge in [0.15, 0.2) is 0 Å². The second kappa shape index (κ2) is 8.04. The Morgan fingerprint density at radius 3 is 2.56 bits per heavy atom. The van der Waals surface area contributed by atoms with Crippen LogP contribution in [-0.4, -0.2) is 20.9 Å². The van der Waals surface area contributed by atoms with Gasteiger partial charge >= 0.3 is 0 Å². The fourth-order valence-electron chi connectivity index (χ4n) is 2.20. The third-order valence-electron chi connectivity index (χ3n) is 3.55. The average molecular weight is 362 g/mol. The third-order valence-corrected chi connectivity index (χ3v) is 4.99. The number of benzene rings is 2. The van der Waals surface area contributed by atoms with Crippen LogP contribution >= 0.6 is 0 Å². The molecule has 0 bridgehead atoms. The molecule has 0 fully saturated rings. The van der Waals surface area contributed by atoms with E-state index in [-0.39, 0.29) is 18.2 Å². The molecule has 25 heavy (non-hydrogen) atoms. The van der Waals surface area contributed by atoms with Crippen LogP contribution in [0.1, 0.15) is 28.9 Å². The molecule has 132 valence electrons. The summed E-state index contributed by atoms with van der Waals surface area (Å²) in [6, 6.07) is 12.3. The van der Waals surface area contributed by atoms with Crippen LogP contribution in [0, 0.1) is 5.82 Å². The first kappa shape index (κ1) is 18.8. The lowest BCUT2D eigenvalue weighted by atomic mass is 10.1. The van der Waals surface area contributed by atoms with Gasteiger partial charge in [-0.25, -0.2) is 17.5 Å². The van der Waals surface area contributed by atoms with Crippen molar-refractivity contribution in [1.82, 2.24) is 10.0 Å². The second-order valence-electron chi connectivity index (χ2n) is 5.39. The summed E-state index contributed by atoms with van der Waals surface area (Å²) < 4.78 is 40.3. The summed E-state index contributed by atoms with van der Waals surface area (Å²) in [5.41, 5.74) is 0.960. The molecule has 2 rings (SSSR count). The monoisotopic (exact) mass is 362 g/mol. The average Bonchev–Trinajstić information content (AvgIpc) is 2.60. The molecule has 2 N–H and O–H groups in total. The lowest BCUT2D eigenvalue weighted by Gasteiger charge is -2.15. The molecule has 0 spiro atoms. The molecule has 0 aromatic heterocycles. The van der Waals surface area contributed by atoms with Crippen molar-refractivity contribution in [3.63, 3.8) is 0 Å². The Morgan fingerprint density at radius 1 is 1.24 bits per heavy atom. The molecule has 2 aromatic rings. The molecule has 0 heterocycles. The van der Waals surface area contributed by atoms with E-state index in [1.165, 1.54) is 12.1 Å². The van der Waals surface area contributed by atoms with E-state index in [0.29, 0.717) is 0 Å². The lowest BCUT2D eigenvalue weighted by Crippen LogP contribution is -2.28. The molecule has 0 aliphatic rings. The van der Waals surface area contributed by atoms with Gasteiger partial charge in [-0.15, -0.1) is 6.58 Å². The SMILES string of the molecule is C=CCNS(=O)(=O)c1cc(C(=O)NC(C)c2ccccc2)ccc1F. The molecule has 0 saturated carbocycles. The Hall–Kier alpha value is -2.51. The smallest absolute Gasteiger partial charge is 0.251 e. The lowest BCUT2D eigenvalue weighted by molar-refractivity contribution is 0.0939. The molecule has 1 unspecified atom stereocenters. The van der Waals surface area contributed by atoms with E-state index in [0.717, 1.165) is 17.7 Å². The minimum atomic E-state index is -4.07. The topological polar surface area (TPSA) is 75.3 Å². The fraction of sp³-hybridized carbons (Fsp3) is 0.167. The number of amides is 1. The summed E-state index contributed by atoms with van der Waals surface area (Å²) in [4.78, 5) is 11.8. The zero-order valence-electron chi connectivity index (χ0n) is 13.7. The first-order valence-electron chi connectivity index (χ1n) is 7.61. The predicted molar refractivity (Wildman–Crippen MR) is 94.1 cm³/mol. The number of halogens is 1. The minimum Gasteiger partial charge on any atom is -0.346 e. The van der Waals surface area contributed by atoms with Crippen molar-refractivity contribution in [3.05, 3.63) is 78.1 Å². The summed E-state index contributed by atoms with van der Waals surface area (Å²) in [6.07, 6.45) is 1.34. The molecule has 0 radical (unpaired) electrons. The maximum absolute atomic E-state index is 13.9. The zero-order valence-corrected chi connectivity index (χ0v) is 14.5. The summed E-state index contributed by atoms with van der Waals surface area (Å²) in [5, 5.41) is 2.76. The van der Waals surface area contributed by atoms with E-state index >= 15 is 0 Å². The molecule has 1 atom stereocenters. The first-order chi connectivity index (χ1) is 11.8. The van der Waals surface area contributed by atoms with Crippen molar-refractivity contribution >= 4 is 15.9 Å². The number of carbonyl (C=O) groups is 1. The van der Waals surface area contributed by atoms with E-state index < -0.39 is 26.6 Å². The number of hydrogen-bond acceptors (Lipinski definition) is 3. The maximum Gasteiger partial charge on any atom is 0.251 e. The van der Waals surface area contributed by atoms with Gasteiger partial charge in [0.2, 0.25) is 10.0 Å². The van der Waals surface area contributed by atoms with Crippen molar-refractivity contribution in [3.8, 4) is 0 Å². The highest BCUT2D eigenvalue weighted by Crippen LogP contribution is 2.18. The van der Waals surface area contributed by atoms with Gasteiger partial charge in [-0.2, -0.15) is 0 Å². The fourth-order valence-corrected chi connectivity index (χ4v) is 3.30. The van der Waals surface area contributed by atoms with Crippen LogP contribution < -0.4 is 10.0 Å². The molecule has 0 aliphatic heterocycles. The van der Waals surface area contributed by atoms with Gasteiger partial charge in [-0.05, 0) is 30.7 Å². The molecule has 0 aliphatic carbocycles. The van der Waals surface area contributed by atoms with E-state index in [9.17, 15) is 17.6 Å². The largest absolute Gasteiger partial charge is 0.346 e. The number of nitrogens with one attached hydrogen (secondary N) is 2. The maximum atomic E-state index is 13.9. The summed E-state index contributed by atoms with van der Waals surface area (Å²) >= 11 is 0. The van der Waals surface area contributed by atoms with Crippen molar-refractivity contribution in [2.75, 3.05) is 6.54 Å². The molecule has 7 heteroatoms.